The van der Waals surface area contributed by atoms with Crippen molar-refractivity contribution in [1.82, 2.24) is 5.32 Å². The van der Waals surface area contributed by atoms with Crippen LogP contribution in [0.2, 0.25) is 0 Å². The molecule has 1 unspecified atom stereocenters. The third-order valence-electron chi connectivity index (χ3n) is 2.18. The zero-order valence-corrected chi connectivity index (χ0v) is 8.86. The molecule has 0 bridgehead atoms. The van der Waals surface area contributed by atoms with Crippen LogP contribution in [0.3, 0.4) is 0 Å². The molecule has 0 radical (unpaired) electrons. The van der Waals surface area contributed by atoms with E-state index in [1.807, 2.05) is 7.05 Å². The van der Waals surface area contributed by atoms with E-state index in [0.717, 1.165) is 12.2 Å². The van der Waals surface area contributed by atoms with Crippen LogP contribution in [0.4, 0.5) is 11.4 Å². The lowest BCUT2D eigenvalue weighted by atomic mass is 10.2. The number of hydrogen-bond donors (Lipinski definition) is 2. The van der Waals surface area contributed by atoms with Crippen molar-refractivity contribution in [3.05, 3.63) is 34.4 Å². The normalized spacial score (nSPS) is 12.1. The Labute approximate surface area is 88.6 Å². The zero-order chi connectivity index (χ0) is 11.3. The fraction of sp³-hybridized carbons (Fsp3) is 0.400. The first-order valence-electron chi connectivity index (χ1n) is 4.79. The van der Waals surface area contributed by atoms with Gasteiger partial charge in [-0.1, -0.05) is 0 Å². The molecule has 0 aromatic heterocycles. The van der Waals surface area contributed by atoms with Gasteiger partial charge in [0.05, 0.1) is 4.92 Å². The summed E-state index contributed by atoms with van der Waals surface area (Å²) in [4.78, 5) is 10.00. The summed E-state index contributed by atoms with van der Waals surface area (Å²) in [5, 5.41) is 16.7. The number of anilines is 1. The van der Waals surface area contributed by atoms with Crippen LogP contribution in [0, 0.1) is 10.1 Å². The molecule has 1 aromatic rings. The highest BCUT2D eigenvalue weighted by atomic mass is 16.6. The maximum atomic E-state index is 10.4. The number of rotatable bonds is 5. The van der Waals surface area contributed by atoms with E-state index < -0.39 is 4.92 Å². The Morgan fingerprint density at radius 2 is 2.00 bits per heavy atom. The molecular weight excluding hydrogens is 194 g/mol. The molecule has 1 rings (SSSR count). The second-order valence-corrected chi connectivity index (χ2v) is 3.37. The number of non-ortho nitro benzene ring substituents is 1. The molecule has 1 aromatic carbocycles. The van der Waals surface area contributed by atoms with Gasteiger partial charge in [-0.05, 0) is 26.1 Å². The summed E-state index contributed by atoms with van der Waals surface area (Å²) in [5.41, 5.74) is 1.00. The minimum atomic E-state index is -0.403. The summed E-state index contributed by atoms with van der Waals surface area (Å²) in [6.45, 7) is 2.84. The van der Waals surface area contributed by atoms with Crippen LogP contribution in [0.25, 0.3) is 0 Å². The van der Waals surface area contributed by atoms with Crippen LogP contribution in [-0.4, -0.2) is 24.6 Å². The van der Waals surface area contributed by atoms with Crippen LogP contribution < -0.4 is 10.6 Å². The Morgan fingerprint density at radius 1 is 1.40 bits per heavy atom. The Balaban J connectivity index is 2.53. The smallest absolute Gasteiger partial charge is 0.269 e. The maximum absolute atomic E-state index is 10.4. The van der Waals surface area contributed by atoms with E-state index >= 15 is 0 Å². The molecule has 82 valence electrons. The van der Waals surface area contributed by atoms with Crippen LogP contribution in [0.5, 0.6) is 0 Å². The molecule has 0 amide bonds. The van der Waals surface area contributed by atoms with Crippen molar-refractivity contribution in [1.29, 1.82) is 0 Å². The summed E-state index contributed by atoms with van der Waals surface area (Å²) >= 11 is 0. The Bertz CT molecular complexity index is 324. The summed E-state index contributed by atoms with van der Waals surface area (Å²) in [5.74, 6) is 0. The number of nitro groups is 1. The van der Waals surface area contributed by atoms with Crippen molar-refractivity contribution >= 4 is 11.4 Å². The molecule has 0 aliphatic rings. The van der Waals surface area contributed by atoms with Crippen LogP contribution in [-0.2, 0) is 0 Å². The minimum absolute atomic E-state index is 0.113. The summed E-state index contributed by atoms with van der Waals surface area (Å²) in [6.07, 6.45) is 0. The second-order valence-electron chi connectivity index (χ2n) is 3.37. The molecule has 2 N–H and O–H groups in total. The highest BCUT2D eigenvalue weighted by Gasteiger charge is 2.03. The Kier molecular flexibility index (Phi) is 4.05. The molecule has 0 heterocycles. The topological polar surface area (TPSA) is 67.2 Å². The summed E-state index contributed by atoms with van der Waals surface area (Å²) in [7, 11) is 1.89. The number of likely N-dealkylation sites (N-methyl/N-ethyl adjacent to an activating group) is 1. The quantitative estimate of drug-likeness (QED) is 0.571. The molecule has 1 atom stereocenters. The SMILES string of the molecule is CNC(C)CNc1ccc([N+](=O)[O-])cc1. The first-order valence-corrected chi connectivity index (χ1v) is 4.79. The minimum Gasteiger partial charge on any atom is -0.383 e. The van der Waals surface area contributed by atoms with Gasteiger partial charge in [0.1, 0.15) is 0 Å². The molecule has 0 aliphatic carbocycles. The van der Waals surface area contributed by atoms with Crippen LogP contribution in [0.1, 0.15) is 6.92 Å². The van der Waals surface area contributed by atoms with E-state index in [-0.39, 0.29) is 5.69 Å². The number of nitrogens with one attached hydrogen (secondary N) is 2. The van der Waals surface area contributed by atoms with E-state index in [1.165, 1.54) is 12.1 Å². The van der Waals surface area contributed by atoms with Gasteiger partial charge in [-0.3, -0.25) is 10.1 Å². The predicted molar refractivity (Wildman–Crippen MR) is 60.1 cm³/mol. The number of benzene rings is 1. The molecular formula is C10H15N3O2. The highest BCUT2D eigenvalue weighted by molar-refractivity contribution is 5.48. The van der Waals surface area contributed by atoms with Gasteiger partial charge < -0.3 is 10.6 Å². The Morgan fingerprint density at radius 3 is 2.47 bits per heavy atom. The first kappa shape index (κ1) is 11.5. The molecule has 15 heavy (non-hydrogen) atoms. The van der Waals surface area contributed by atoms with Gasteiger partial charge >= 0.3 is 0 Å². The largest absolute Gasteiger partial charge is 0.383 e. The van der Waals surface area contributed by atoms with Gasteiger partial charge in [-0.2, -0.15) is 0 Å². The van der Waals surface area contributed by atoms with Gasteiger partial charge in [0.2, 0.25) is 0 Å². The lowest BCUT2D eigenvalue weighted by molar-refractivity contribution is -0.384. The average molecular weight is 209 g/mol. The number of nitro benzene ring substituents is 1. The van der Waals surface area contributed by atoms with Gasteiger partial charge in [-0.25, -0.2) is 0 Å². The van der Waals surface area contributed by atoms with Crippen molar-refractivity contribution in [2.75, 3.05) is 18.9 Å². The monoisotopic (exact) mass is 209 g/mol. The van der Waals surface area contributed by atoms with E-state index in [9.17, 15) is 10.1 Å². The summed E-state index contributed by atoms with van der Waals surface area (Å²) in [6, 6.07) is 6.76. The van der Waals surface area contributed by atoms with Crippen LogP contribution >= 0.6 is 0 Å². The van der Waals surface area contributed by atoms with E-state index in [2.05, 4.69) is 17.6 Å². The van der Waals surface area contributed by atoms with Crippen molar-refractivity contribution in [3.63, 3.8) is 0 Å². The van der Waals surface area contributed by atoms with Crippen molar-refractivity contribution in [3.8, 4) is 0 Å². The van der Waals surface area contributed by atoms with Crippen molar-refractivity contribution in [2.24, 2.45) is 0 Å². The molecule has 0 fully saturated rings. The standard InChI is InChI=1S/C10H15N3O2/c1-8(11-2)7-12-9-3-5-10(6-4-9)13(14)15/h3-6,8,11-12H,7H2,1-2H3. The van der Waals surface area contributed by atoms with Crippen LogP contribution in [0.15, 0.2) is 24.3 Å². The van der Waals surface area contributed by atoms with Gasteiger partial charge in [-0.15, -0.1) is 0 Å². The van der Waals surface area contributed by atoms with Crippen molar-refractivity contribution in [2.45, 2.75) is 13.0 Å². The molecule has 5 heteroatoms. The third kappa shape index (κ3) is 3.55. The number of nitrogens with zero attached hydrogens (tertiary/aromatic N) is 1. The average Bonchev–Trinajstić information content (AvgIpc) is 2.26. The molecule has 0 aliphatic heterocycles. The molecule has 0 saturated carbocycles. The van der Waals surface area contributed by atoms with E-state index in [1.54, 1.807) is 12.1 Å². The lowest BCUT2D eigenvalue weighted by Gasteiger charge is -2.12. The lowest BCUT2D eigenvalue weighted by Crippen LogP contribution is -2.29. The summed E-state index contributed by atoms with van der Waals surface area (Å²) < 4.78 is 0. The Hall–Kier alpha value is -1.62. The molecule has 0 saturated heterocycles. The first-order chi connectivity index (χ1) is 7.13. The maximum Gasteiger partial charge on any atom is 0.269 e. The third-order valence-corrected chi connectivity index (χ3v) is 2.18. The second kappa shape index (κ2) is 5.31. The van der Waals surface area contributed by atoms with E-state index in [4.69, 9.17) is 0 Å². The van der Waals surface area contributed by atoms with Gasteiger partial charge in [0.25, 0.3) is 5.69 Å². The zero-order valence-electron chi connectivity index (χ0n) is 8.86. The molecule has 0 spiro atoms. The predicted octanol–water partition coefficient (Wildman–Crippen LogP) is 1.61. The van der Waals surface area contributed by atoms with Gasteiger partial charge in [0.15, 0.2) is 0 Å². The van der Waals surface area contributed by atoms with Gasteiger partial charge in [0, 0.05) is 30.4 Å². The fourth-order valence-corrected chi connectivity index (χ4v) is 1.07. The highest BCUT2D eigenvalue weighted by Crippen LogP contribution is 2.15. The molecule has 5 nitrogen and oxygen atoms in total. The van der Waals surface area contributed by atoms with E-state index in [0.29, 0.717) is 6.04 Å². The number of hydrogen-bond acceptors (Lipinski definition) is 4. The fourth-order valence-electron chi connectivity index (χ4n) is 1.07. The van der Waals surface area contributed by atoms with Crippen molar-refractivity contribution < 1.29 is 4.92 Å².